The quantitative estimate of drug-likeness (QED) is 0.539. The molecule has 0 saturated heterocycles. The molecule has 11 heavy (non-hydrogen) atoms. The smallest absolute Gasteiger partial charge is 0.00570 e. The van der Waals surface area contributed by atoms with E-state index in [4.69, 9.17) is 0 Å². The molecule has 0 bridgehead atoms. The van der Waals surface area contributed by atoms with Gasteiger partial charge in [0, 0.05) is 3.92 Å². The first kappa shape index (κ1) is 9.69. The maximum absolute atomic E-state index is 4.09. The molecule has 0 aromatic carbocycles. The molecule has 1 aliphatic rings. The monoisotopic (exact) mass is 266 g/mol. The lowest BCUT2D eigenvalue weighted by atomic mass is 9.86. The number of rotatable bonds is 3. The van der Waals surface area contributed by atoms with E-state index in [1.54, 1.807) is 0 Å². The Bertz CT molecular complexity index is 112. The normalized spacial score (nSPS) is 32.1. The summed E-state index contributed by atoms with van der Waals surface area (Å²) >= 11 is 0.307. The van der Waals surface area contributed by atoms with Crippen molar-refractivity contribution in [1.82, 2.24) is 0 Å². The van der Waals surface area contributed by atoms with Gasteiger partial charge in [-0.2, -0.15) is 0 Å². The van der Waals surface area contributed by atoms with Crippen molar-refractivity contribution < 1.29 is 0 Å². The van der Waals surface area contributed by atoms with Gasteiger partial charge in [-0.1, -0.05) is 24.3 Å². The summed E-state index contributed by atoms with van der Waals surface area (Å²) in [5.74, 6) is 1.08. The summed E-state index contributed by atoms with van der Waals surface area (Å²) in [6.07, 6.45) is 8.88. The predicted octanol–water partition coefficient (Wildman–Crippen LogP) is 3.75. The Morgan fingerprint density at radius 2 is 1.91 bits per heavy atom. The molecule has 0 radical (unpaired) electrons. The van der Waals surface area contributed by atoms with Gasteiger partial charge in [0.2, 0.25) is 0 Å². The summed E-state index contributed by atoms with van der Waals surface area (Å²) in [6, 6.07) is 0. The van der Waals surface area contributed by atoms with Crippen LogP contribution in [0, 0.1) is 5.92 Å². The van der Waals surface area contributed by atoms with E-state index in [0.29, 0.717) is 20.7 Å². The van der Waals surface area contributed by atoms with Crippen molar-refractivity contribution in [2.24, 2.45) is 5.92 Å². The number of halogens is 1. The first-order chi connectivity index (χ1) is 5.36. The van der Waals surface area contributed by atoms with E-state index in [2.05, 4.69) is 11.4 Å². The molecular weight excluding hydrogens is 247 g/mol. The predicted molar refractivity (Wildman–Crippen MR) is 61.8 cm³/mol. The van der Waals surface area contributed by atoms with Gasteiger partial charge in [-0.3, -0.25) is 0 Å². The third kappa shape index (κ3) is 3.22. The van der Waals surface area contributed by atoms with Gasteiger partial charge in [0.05, 0.1) is 0 Å². The molecule has 0 nitrogen and oxygen atoms in total. The van der Waals surface area contributed by atoms with E-state index in [9.17, 15) is 0 Å². The zero-order valence-corrected chi connectivity index (χ0v) is 9.64. The summed E-state index contributed by atoms with van der Waals surface area (Å²) in [5, 5.41) is 0. The van der Waals surface area contributed by atoms with Gasteiger partial charge in [-0.25, -0.2) is 0 Å². The van der Waals surface area contributed by atoms with Crippen LogP contribution in [0.15, 0.2) is 0 Å². The van der Waals surface area contributed by atoms with Crippen LogP contribution >= 0.6 is 20.7 Å². The van der Waals surface area contributed by atoms with Crippen molar-refractivity contribution in [3.05, 3.63) is 0 Å². The van der Waals surface area contributed by atoms with Crippen molar-refractivity contribution in [1.29, 1.82) is 0 Å². The molecule has 0 aromatic rings. The SMILES string of the molecule is C=IC1CCC(CCC)CC1. The second-order valence-corrected chi connectivity index (χ2v) is 6.20. The lowest BCUT2D eigenvalue weighted by Gasteiger charge is -2.25. The Labute approximate surface area is 80.5 Å². The third-order valence-corrected chi connectivity index (χ3v) is 5.18. The minimum Gasteiger partial charge on any atom is -0.127 e. The Morgan fingerprint density at radius 1 is 1.27 bits per heavy atom. The highest BCUT2D eigenvalue weighted by Crippen LogP contribution is 2.32. The van der Waals surface area contributed by atoms with E-state index in [1.165, 1.54) is 38.5 Å². The van der Waals surface area contributed by atoms with Crippen molar-refractivity contribution in [2.75, 3.05) is 0 Å². The fourth-order valence-corrected chi connectivity index (χ4v) is 3.57. The van der Waals surface area contributed by atoms with Gasteiger partial charge in [0.1, 0.15) is 0 Å². The molecule has 1 heteroatoms. The molecule has 1 saturated carbocycles. The average Bonchev–Trinajstić information content (AvgIpc) is 2.07. The van der Waals surface area contributed by atoms with Gasteiger partial charge < -0.3 is 0 Å². The number of hydrogen-bond acceptors (Lipinski definition) is 0. The Kier molecular flexibility index (Phi) is 4.65. The molecule has 0 aliphatic heterocycles. The fourth-order valence-electron chi connectivity index (χ4n) is 1.97. The largest absolute Gasteiger partial charge is 0.127 e. The molecule has 0 aromatic heterocycles. The lowest BCUT2D eigenvalue weighted by Crippen LogP contribution is -2.13. The fraction of sp³-hybridized carbons (Fsp3) is 0.900. The van der Waals surface area contributed by atoms with Crippen molar-refractivity contribution >= 4 is 25.2 Å². The average molecular weight is 266 g/mol. The van der Waals surface area contributed by atoms with Crippen LogP contribution in [0.25, 0.3) is 0 Å². The van der Waals surface area contributed by atoms with Crippen LogP contribution in [-0.2, 0) is 0 Å². The first-order valence-corrected chi connectivity index (χ1v) is 7.51. The number of hydrogen-bond donors (Lipinski definition) is 0. The molecule has 66 valence electrons. The standard InChI is InChI=1S/C10H19I/c1-3-4-9-5-7-10(11-2)8-6-9/h9-10H,2-8H2,1H3. The molecule has 0 heterocycles. The van der Waals surface area contributed by atoms with Gasteiger partial charge in [0.15, 0.2) is 0 Å². The van der Waals surface area contributed by atoms with E-state index < -0.39 is 0 Å². The Morgan fingerprint density at radius 3 is 2.36 bits per heavy atom. The summed E-state index contributed by atoms with van der Waals surface area (Å²) < 4.78 is 5.16. The van der Waals surface area contributed by atoms with Gasteiger partial charge >= 0.3 is 0 Å². The second kappa shape index (κ2) is 5.28. The molecule has 0 amide bonds. The van der Waals surface area contributed by atoms with E-state index in [1.807, 2.05) is 0 Å². The topological polar surface area (TPSA) is 0 Å². The summed E-state index contributed by atoms with van der Waals surface area (Å²) in [4.78, 5) is 0. The van der Waals surface area contributed by atoms with E-state index in [-0.39, 0.29) is 0 Å². The van der Waals surface area contributed by atoms with Gasteiger partial charge in [-0.05, 0) is 31.6 Å². The molecule has 0 atom stereocenters. The zero-order chi connectivity index (χ0) is 8.10. The molecule has 1 rings (SSSR count). The molecule has 1 aliphatic carbocycles. The van der Waals surface area contributed by atoms with Crippen molar-refractivity contribution in [3.63, 3.8) is 0 Å². The molecule has 0 spiro atoms. The number of alkyl halides is 1. The van der Waals surface area contributed by atoms with Crippen LogP contribution in [0.5, 0.6) is 0 Å². The maximum atomic E-state index is 4.09. The van der Waals surface area contributed by atoms with Crippen molar-refractivity contribution in [3.8, 4) is 0 Å². The van der Waals surface area contributed by atoms with Crippen LogP contribution in [-0.4, -0.2) is 8.44 Å². The van der Waals surface area contributed by atoms with Crippen LogP contribution in [0.2, 0.25) is 0 Å². The Balaban J connectivity index is 2.18. The highest BCUT2D eigenvalue weighted by atomic mass is 127. The first-order valence-electron chi connectivity index (χ1n) is 4.73. The lowest BCUT2D eigenvalue weighted by molar-refractivity contribution is 0.348. The van der Waals surface area contributed by atoms with Crippen molar-refractivity contribution in [2.45, 2.75) is 49.4 Å². The van der Waals surface area contributed by atoms with E-state index in [0.717, 1.165) is 9.84 Å². The van der Waals surface area contributed by atoms with Crippen LogP contribution < -0.4 is 0 Å². The molecule has 0 unspecified atom stereocenters. The second-order valence-electron chi connectivity index (χ2n) is 3.56. The van der Waals surface area contributed by atoms with Crippen LogP contribution in [0.3, 0.4) is 0 Å². The molecular formula is C10H19I. The third-order valence-electron chi connectivity index (χ3n) is 2.69. The highest BCUT2D eigenvalue weighted by Gasteiger charge is 2.18. The summed E-state index contributed by atoms with van der Waals surface area (Å²) in [7, 11) is 0. The van der Waals surface area contributed by atoms with Gasteiger partial charge in [-0.15, -0.1) is 20.7 Å². The van der Waals surface area contributed by atoms with Crippen LogP contribution in [0.1, 0.15) is 45.4 Å². The van der Waals surface area contributed by atoms with Crippen LogP contribution in [0.4, 0.5) is 0 Å². The summed E-state index contributed by atoms with van der Waals surface area (Å²) in [5.41, 5.74) is 0. The maximum Gasteiger partial charge on any atom is 0.00570 e. The zero-order valence-electron chi connectivity index (χ0n) is 7.48. The molecule has 0 N–H and O–H groups in total. The minimum absolute atomic E-state index is 0.307. The van der Waals surface area contributed by atoms with E-state index >= 15 is 0 Å². The highest BCUT2D eigenvalue weighted by molar-refractivity contribution is 14.2. The summed E-state index contributed by atoms with van der Waals surface area (Å²) in [6.45, 7) is 2.31. The minimum atomic E-state index is 0.307. The van der Waals surface area contributed by atoms with Gasteiger partial charge in [0.25, 0.3) is 0 Å². The Hall–Kier alpha value is 0.600. The molecule has 1 fully saturated rings.